The van der Waals surface area contributed by atoms with Crippen molar-refractivity contribution in [2.75, 3.05) is 25.5 Å². The van der Waals surface area contributed by atoms with Crippen LogP contribution in [0.15, 0.2) is 24.3 Å². The van der Waals surface area contributed by atoms with E-state index in [-0.39, 0.29) is 28.9 Å². The molecule has 0 aliphatic carbocycles. The number of carbonyl (C=O) groups is 1. The Kier molecular flexibility index (Phi) is 4.35. The van der Waals surface area contributed by atoms with Crippen molar-refractivity contribution in [3.05, 3.63) is 35.9 Å². The van der Waals surface area contributed by atoms with Crippen molar-refractivity contribution in [3.63, 3.8) is 0 Å². The number of aromatic amines is 1. The third-order valence-electron chi connectivity index (χ3n) is 3.81. The summed E-state index contributed by atoms with van der Waals surface area (Å²) in [6, 6.07) is 4.97. The van der Waals surface area contributed by atoms with Gasteiger partial charge in [-0.15, -0.1) is 0 Å². The van der Waals surface area contributed by atoms with Crippen LogP contribution in [-0.4, -0.2) is 42.4 Å². The van der Waals surface area contributed by atoms with E-state index in [4.69, 9.17) is 4.74 Å². The van der Waals surface area contributed by atoms with Gasteiger partial charge < -0.3 is 15.4 Å². The SMILES string of the molecule is COC(C(=O)Nc1cc(-c2c(F)cccc2F)[nH]n1)C1CNC1. The van der Waals surface area contributed by atoms with Crippen molar-refractivity contribution >= 4 is 11.7 Å². The first-order chi connectivity index (χ1) is 11.1. The Morgan fingerprint density at radius 1 is 1.39 bits per heavy atom. The number of hydrogen-bond donors (Lipinski definition) is 3. The summed E-state index contributed by atoms with van der Waals surface area (Å²) in [6.07, 6.45) is -0.596. The highest BCUT2D eigenvalue weighted by molar-refractivity contribution is 5.94. The van der Waals surface area contributed by atoms with Gasteiger partial charge in [0.1, 0.15) is 17.7 Å². The molecule has 0 saturated carbocycles. The molecular formula is C15H16F2N4O2. The second-order valence-corrected chi connectivity index (χ2v) is 5.33. The molecule has 1 aliphatic rings. The van der Waals surface area contributed by atoms with Gasteiger partial charge in [-0.3, -0.25) is 9.89 Å². The Hall–Kier alpha value is -2.32. The Bertz CT molecular complexity index is 695. The molecule has 1 aliphatic heterocycles. The van der Waals surface area contributed by atoms with Gasteiger partial charge in [-0.25, -0.2) is 8.78 Å². The van der Waals surface area contributed by atoms with Crippen molar-refractivity contribution in [1.82, 2.24) is 15.5 Å². The summed E-state index contributed by atoms with van der Waals surface area (Å²) in [7, 11) is 1.47. The van der Waals surface area contributed by atoms with Crippen LogP contribution in [0.1, 0.15) is 0 Å². The van der Waals surface area contributed by atoms with E-state index >= 15 is 0 Å². The highest BCUT2D eigenvalue weighted by atomic mass is 19.1. The molecule has 0 radical (unpaired) electrons. The van der Waals surface area contributed by atoms with Gasteiger partial charge in [0.15, 0.2) is 5.82 Å². The van der Waals surface area contributed by atoms with E-state index < -0.39 is 17.7 Å². The fourth-order valence-electron chi connectivity index (χ4n) is 2.50. The van der Waals surface area contributed by atoms with Gasteiger partial charge in [-0.1, -0.05) is 6.07 Å². The Balaban J connectivity index is 1.75. The van der Waals surface area contributed by atoms with Gasteiger partial charge in [0, 0.05) is 32.2 Å². The molecular weight excluding hydrogens is 306 g/mol. The van der Waals surface area contributed by atoms with Gasteiger partial charge in [0.25, 0.3) is 5.91 Å². The minimum absolute atomic E-state index is 0.0995. The molecule has 1 atom stereocenters. The maximum absolute atomic E-state index is 13.7. The van der Waals surface area contributed by atoms with Gasteiger partial charge in [-0.2, -0.15) is 5.10 Å². The summed E-state index contributed by atoms with van der Waals surface area (Å²) >= 11 is 0. The summed E-state index contributed by atoms with van der Waals surface area (Å²) in [4.78, 5) is 12.2. The van der Waals surface area contributed by atoms with Crippen LogP contribution < -0.4 is 10.6 Å². The molecule has 6 nitrogen and oxygen atoms in total. The lowest BCUT2D eigenvalue weighted by Crippen LogP contribution is -2.53. The van der Waals surface area contributed by atoms with E-state index in [1.165, 1.54) is 19.2 Å². The third kappa shape index (κ3) is 3.08. The molecule has 3 N–H and O–H groups in total. The van der Waals surface area contributed by atoms with Crippen LogP contribution in [-0.2, 0) is 9.53 Å². The molecule has 1 fully saturated rings. The van der Waals surface area contributed by atoms with Crippen molar-refractivity contribution < 1.29 is 18.3 Å². The van der Waals surface area contributed by atoms with E-state index in [9.17, 15) is 13.6 Å². The first-order valence-corrected chi connectivity index (χ1v) is 7.14. The van der Waals surface area contributed by atoms with E-state index in [1.807, 2.05) is 0 Å². The molecule has 23 heavy (non-hydrogen) atoms. The van der Waals surface area contributed by atoms with E-state index in [1.54, 1.807) is 0 Å². The predicted octanol–water partition coefficient (Wildman–Crippen LogP) is 1.53. The Labute approximate surface area is 131 Å². The van der Waals surface area contributed by atoms with Crippen molar-refractivity contribution in [3.8, 4) is 11.3 Å². The number of rotatable bonds is 5. The van der Waals surface area contributed by atoms with Crippen LogP contribution in [0, 0.1) is 17.6 Å². The fourth-order valence-corrected chi connectivity index (χ4v) is 2.50. The number of ether oxygens (including phenoxy) is 1. The van der Waals surface area contributed by atoms with Crippen LogP contribution in [0.2, 0.25) is 0 Å². The van der Waals surface area contributed by atoms with E-state index in [0.29, 0.717) is 13.1 Å². The van der Waals surface area contributed by atoms with Crippen LogP contribution >= 0.6 is 0 Å². The molecule has 0 bridgehead atoms. The first-order valence-electron chi connectivity index (χ1n) is 7.14. The zero-order valence-corrected chi connectivity index (χ0v) is 12.4. The van der Waals surface area contributed by atoms with Crippen LogP contribution in [0.25, 0.3) is 11.3 Å². The molecule has 1 saturated heterocycles. The minimum atomic E-state index is -0.707. The lowest BCUT2D eigenvalue weighted by atomic mass is 9.95. The highest BCUT2D eigenvalue weighted by Gasteiger charge is 2.32. The number of aromatic nitrogens is 2. The second kappa shape index (κ2) is 6.43. The molecule has 1 aromatic carbocycles. The molecule has 8 heteroatoms. The monoisotopic (exact) mass is 322 g/mol. The standard InChI is InChI=1S/C15H16F2N4O2/c1-23-14(8-6-18-7-8)15(22)19-12-5-11(20-21-12)13-9(16)3-2-4-10(13)17/h2-5,8,14,18H,6-7H2,1H3,(H2,19,20,21,22). The van der Waals surface area contributed by atoms with Crippen molar-refractivity contribution in [2.24, 2.45) is 5.92 Å². The van der Waals surface area contributed by atoms with E-state index in [0.717, 1.165) is 12.1 Å². The number of amides is 1. The molecule has 3 rings (SSSR count). The molecule has 122 valence electrons. The van der Waals surface area contributed by atoms with Gasteiger partial charge in [0.2, 0.25) is 0 Å². The van der Waals surface area contributed by atoms with Gasteiger partial charge in [0.05, 0.1) is 11.3 Å². The third-order valence-corrected chi connectivity index (χ3v) is 3.81. The van der Waals surface area contributed by atoms with Crippen molar-refractivity contribution in [1.29, 1.82) is 0 Å². The average molecular weight is 322 g/mol. The number of benzene rings is 1. The number of nitrogens with one attached hydrogen (secondary N) is 3. The second-order valence-electron chi connectivity index (χ2n) is 5.33. The number of hydrogen-bond acceptors (Lipinski definition) is 4. The number of anilines is 1. The smallest absolute Gasteiger partial charge is 0.255 e. The number of halogens is 2. The van der Waals surface area contributed by atoms with Crippen LogP contribution in [0.4, 0.5) is 14.6 Å². The summed E-state index contributed by atoms with van der Waals surface area (Å²) in [6.45, 7) is 1.41. The average Bonchev–Trinajstić information content (AvgIpc) is 2.90. The van der Waals surface area contributed by atoms with Crippen LogP contribution in [0.5, 0.6) is 0 Å². The highest BCUT2D eigenvalue weighted by Crippen LogP contribution is 2.26. The molecule has 1 aromatic heterocycles. The van der Waals surface area contributed by atoms with E-state index in [2.05, 4.69) is 20.8 Å². The zero-order valence-electron chi connectivity index (χ0n) is 12.4. The molecule has 1 amide bonds. The molecule has 0 spiro atoms. The maximum atomic E-state index is 13.7. The zero-order chi connectivity index (χ0) is 16.4. The normalized spacial score (nSPS) is 16.0. The largest absolute Gasteiger partial charge is 0.371 e. The predicted molar refractivity (Wildman–Crippen MR) is 79.7 cm³/mol. The summed E-state index contributed by atoms with van der Waals surface area (Å²) < 4.78 is 32.7. The number of methoxy groups -OCH3 is 1. The van der Waals surface area contributed by atoms with Gasteiger partial charge in [-0.05, 0) is 12.1 Å². The van der Waals surface area contributed by atoms with Crippen molar-refractivity contribution in [2.45, 2.75) is 6.10 Å². The fraction of sp³-hybridized carbons (Fsp3) is 0.333. The lowest BCUT2D eigenvalue weighted by Gasteiger charge is -2.32. The molecule has 1 unspecified atom stereocenters. The number of H-pyrrole nitrogens is 1. The van der Waals surface area contributed by atoms with Gasteiger partial charge >= 0.3 is 0 Å². The Morgan fingerprint density at radius 3 is 2.65 bits per heavy atom. The number of carbonyl (C=O) groups excluding carboxylic acids is 1. The minimum Gasteiger partial charge on any atom is -0.371 e. The van der Waals surface area contributed by atoms with Crippen LogP contribution in [0.3, 0.4) is 0 Å². The maximum Gasteiger partial charge on any atom is 0.255 e. The quantitative estimate of drug-likeness (QED) is 0.780. The Morgan fingerprint density at radius 2 is 2.09 bits per heavy atom. The summed E-state index contributed by atoms with van der Waals surface area (Å²) in [5.41, 5.74) is -0.0674. The number of nitrogens with zero attached hydrogens (tertiary/aromatic N) is 1. The first kappa shape index (κ1) is 15.6. The lowest BCUT2D eigenvalue weighted by molar-refractivity contribution is -0.130. The molecule has 2 heterocycles. The summed E-state index contributed by atoms with van der Waals surface area (Å²) in [5, 5.41) is 12.1. The topological polar surface area (TPSA) is 79.0 Å². The molecule has 2 aromatic rings. The summed E-state index contributed by atoms with van der Waals surface area (Å²) in [5.74, 6) is -1.47.